The van der Waals surface area contributed by atoms with Crippen molar-refractivity contribution in [2.24, 2.45) is 18.9 Å². The molecule has 0 aromatic carbocycles. The number of ether oxygens (including phenoxy) is 1. The average molecular weight is 357 g/mol. The summed E-state index contributed by atoms with van der Waals surface area (Å²) in [4.78, 5) is 31.2. The van der Waals surface area contributed by atoms with Crippen molar-refractivity contribution >= 4 is 5.91 Å². The highest BCUT2D eigenvalue weighted by molar-refractivity contribution is 5.96. The average Bonchev–Trinajstić information content (AvgIpc) is 3.32. The highest BCUT2D eigenvalue weighted by Gasteiger charge is 2.47. The van der Waals surface area contributed by atoms with Gasteiger partial charge in [0.15, 0.2) is 5.82 Å². The summed E-state index contributed by atoms with van der Waals surface area (Å²) in [5.74, 6) is 2.09. The number of methoxy groups -OCH3 is 1. The van der Waals surface area contributed by atoms with Crippen LogP contribution in [0.1, 0.15) is 47.1 Å². The molecular weight excluding hydrogens is 334 g/mol. The van der Waals surface area contributed by atoms with Crippen LogP contribution < -0.4 is 10.4 Å². The predicted octanol–water partition coefficient (Wildman–Crippen LogP) is 1.43. The molecule has 2 aliphatic rings. The Labute approximate surface area is 151 Å². The van der Waals surface area contributed by atoms with Gasteiger partial charge in [-0.15, -0.1) is 0 Å². The molecule has 0 bridgehead atoms. The number of hydrogen-bond donors (Lipinski definition) is 1. The molecule has 0 radical (unpaired) electrons. The van der Waals surface area contributed by atoms with Crippen molar-refractivity contribution in [3.05, 3.63) is 39.8 Å². The summed E-state index contributed by atoms with van der Waals surface area (Å²) >= 11 is 0. The summed E-state index contributed by atoms with van der Waals surface area (Å²) in [7, 11) is 3.27. The Hall–Kier alpha value is -2.64. The molecule has 8 nitrogen and oxygen atoms in total. The van der Waals surface area contributed by atoms with Crippen LogP contribution in [0.5, 0.6) is 5.75 Å². The van der Waals surface area contributed by atoms with Crippen molar-refractivity contribution in [2.45, 2.75) is 32.2 Å². The summed E-state index contributed by atoms with van der Waals surface area (Å²) in [6.07, 6.45) is 6.49. The van der Waals surface area contributed by atoms with Crippen LogP contribution in [0.25, 0.3) is 0 Å². The van der Waals surface area contributed by atoms with E-state index in [2.05, 4.69) is 15.2 Å². The second-order valence-electron chi connectivity index (χ2n) is 7.19. The number of amides is 1. The Bertz CT molecular complexity index is 898. The van der Waals surface area contributed by atoms with Crippen molar-refractivity contribution in [1.82, 2.24) is 24.6 Å². The zero-order valence-corrected chi connectivity index (χ0v) is 15.2. The predicted molar refractivity (Wildman–Crippen MR) is 94.0 cm³/mol. The van der Waals surface area contributed by atoms with Gasteiger partial charge < -0.3 is 9.64 Å². The molecule has 2 fully saturated rings. The molecule has 26 heavy (non-hydrogen) atoms. The number of hydrogen-bond acceptors (Lipinski definition) is 5. The first-order valence-electron chi connectivity index (χ1n) is 8.93. The maximum Gasteiger partial charge on any atom is 0.343 e. The smallest absolute Gasteiger partial charge is 0.343 e. The Morgan fingerprint density at radius 3 is 2.69 bits per heavy atom. The van der Waals surface area contributed by atoms with E-state index < -0.39 is 0 Å². The number of aromatic amines is 1. The van der Waals surface area contributed by atoms with E-state index in [1.165, 1.54) is 17.4 Å². The Balaban J connectivity index is 1.73. The fourth-order valence-corrected chi connectivity index (χ4v) is 4.10. The summed E-state index contributed by atoms with van der Waals surface area (Å²) in [6, 6.07) is -0.190. The standard InChI is InChI=1S/C18H23N5O3/c1-10-13(8-19-9-14(10)26-3)17(24)23-7-6-12(11-4-5-11)15(23)16-20-21-18(25)22(16)2/h8-9,11-12,15H,4-7H2,1-3H3,(H,21,25). The summed E-state index contributed by atoms with van der Waals surface area (Å²) in [6.45, 7) is 2.52. The van der Waals surface area contributed by atoms with Gasteiger partial charge in [0.1, 0.15) is 5.75 Å². The minimum Gasteiger partial charge on any atom is -0.495 e. The Kier molecular flexibility index (Phi) is 4.05. The molecule has 1 saturated carbocycles. The molecule has 4 rings (SSSR count). The molecule has 3 heterocycles. The van der Waals surface area contributed by atoms with E-state index in [1.54, 1.807) is 26.6 Å². The lowest BCUT2D eigenvalue weighted by Crippen LogP contribution is -2.35. The van der Waals surface area contributed by atoms with Crippen LogP contribution in [-0.2, 0) is 7.05 Å². The monoisotopic (exact) mass is 357 g/mol. The molecule has 1 aliphatic heterocycles. The third-order valence-corrected chi connectivity index (χ3v) is 5.73. The molecule has 2 unspecified atom stereocenters. The highest BCUT2D eigenvalue weighted by Crippen LogP contribution is 2.50. The maximum absolute atomic E-state index is 13.3. The Morgan fingerprint density at radius 1 is 1.31 bits per heavy atom. The second kappa shape index (κ2) is 6.26. The van der Waals surface area contributed by atoms with Crippen LogP contribution in [-0.4, -0.2) is 44.2 Å². The van der Waals surface area contributed by atoms with Gasteiger partial charge in [-0.25, -0.2) is 9.89 Å². The maximum atomic E-state index is 13.3. The zero-order valence-electron chi connectivity index (χ0n) is 15.2. The third-order valence-electron chi connectivity index (χ3n) is 5.73. The molecule has 2 aromatic heterocycles. The SMILES string of the molecule is COc1cncc(C(=O)N2CCC(C3CC3)C2c2n[nH]c(=O)n2C)c1C. The number of carbonyl (C=O) groups excluding carboxylic acids is 1. The van der Waals surface area contributed by atoms with Gasteiger partial charge in [-0.3, -0.25) is 14.3 Å². The topological polar surface area (TPSA) is 93.1 Å². The molecule has 1 aliphatic carbocycles. The lowest BCUT2D eigenvalue weighted by molar-refractivity contribution is 0.0700. The van der Waals surface area contributed by atoms with Gasteiger partial charge in [0, 0.05) is 25.4 Å². The number of likely N-dealkylation sites (tertiary alicyclic amines) is 1. The molecule has 1 saturated heterocycles. The van der Waals surface area contributed by atoms with E-state index in [1.807, 2.05) is 11.8 Å². The quantitative estimate of drug-likeness (QED) is 0.894. The normalized spacial score (nSPS) is 22.7. The molecule has 138 valence electrons. The first kappa shape index (κ1) is 16.8. The molecular formula is C18H23N5O3. The van der Waals surface area contributed by atoms with Gasteiger partial charge in [-0.1, -0.05) is 0 Å². The van der Waals surface area contributed by atoms with Crippen LogP contribution in [0, 0.1) is 18.8 Å². The number of pyridine rings is 1. The van der Waals surface area contributed by atoms with E-state index in [0.29, 0.717) is 35.5 Å². The summed E-state index contributed by atoms with van der Waals surface area (Å²) < 4.78 is 6.82. The van der Waals surface area contributed by atoms with E-state index >= 15 is 0 Å². The molecule has 1 amide bonds. The zero-order chi connectivity index (χ0) is 18.4. The van der Waals surface area contributed by atoms with Crippen LogP contribution in [0.2, 0.25) is 0 Å². The number of nitrogens with one attached hydrogen (secondary N) is 1. The molecule has 8 heteroatoms. The van der Waals surface area contributed by atoms with Crippen molar-refractivity contribution in [2.75, 3.05) is 13.7 Å². The van der Waals surface area contributed by atoms with Gasteiger partial charge in [0.25, 0.3) is 5.91 Å². The highest BCUT2D eigenvalue weighted by atomic mass is 16.5. The van der Waals surface area contributed by atoms with Crippen molar-refractivity contribution in [3.63, 3.8) is 0 Å². The number of carbonyl (C=O) groups is 1. The summed E-state index contributed by atoms with van der Waals surface area (Å²) in [5.41, 5.74) is 1.05. The van der Waals surface area contributed by atoms with E-state index in [4.69, 9.17) is 4.74 Å². The third kappa shape index (κ3) is 2.60. The number of rotatable bonds is 4. The van der Waals surface area contributed by atoms with Gasteiger partial charge in [0.05, 0.1) is 24.9 Å². The molecule has 0 spiro atoms. The van der Waals surface area contributed by atoms with Gasteiger partial charge in [-0.2, -0.15) is 5.10 Å². The van der Waals surface area contributed by atoms with E-state index in [9.17, 15) is 9.59 Å². The minimum atomic E-state index is -0.256. The van der Waals surface area contributed by atoms with Crippen molar-refractivity contribution in [1.29, 1.82) is 0 Å². The van der Waals surface area contributed by atoms with E-state index in [-0.39, 0.29) is 17.6 Å². The van der Waals surface area contributed by atoms with Crippen LogP contribution in [0.4, 0.5) is 0 Å². The molecule has 1 N–H and O–H groups in total. The van der Waals surface area contributed by atoms with Crippen LogP contribution >= 0.6 is 0 Å². The van der Waals surface area contributed by atoms with Crippen LogP contribution in [0.15, 0.2) is 17.2 Å². The fraction of sp³-hybridized carbons (Fsp3) is 0.556. The Morgan fingerprint density at radius 2 is 2.08 bits per heavy atom. The summed E-state index contributed by atoms with van der Waals surface area (Å²) in [5, 5.41) is 6.74. The van der Waals surface area contributed by atoms with E-state index in [0.717, 1.165) is 12.0 Å². The lowest BCUT2D eigenvalue weighted by Gasteiger charge is -2.28. The molecule has 2 aromatic rings. The van der Waals surface area contributed by atoms with Gasteiger partial charge in [-0.05, 0) is 38.0 Å². The van der Waals surface area contributed by atoms with Crippen molar-refractivity contribution in [3.8, 4) is 5.75 Å². The fourth-order valence-electron chi connectivity index (χ4n) is 4.10. The first-order valence-corrected chi connectivity index (χ1v) is 8.93. The van der Waals surface area contributed by atoms with Gasteiger partial charge >= 0.3 is 5.69 Å². The second-order valence-corrected chi connectivity index (χ2v) is 7.19. The van der Waals surface area contributed by atoms with Crippen LogP contribution in [0.3, 0.4) is 0 Å². The molecule has 2 atom stereocenters. The largest absolute Gasteiger partial charge is 0.495 e. The number of H-pyrrole nitrogens is 1. The first-order chi connectivity index (χ1) is 12.5. The van der Waals surface area contributed by atoms with Gasteiger partial charge in [0.2, 0.25) is 0 Å². The van der Waals surface area contributed by atoms with Crippen molar-refractivity contribution < 1.29 is 9.53 Å². The number of nitrogens with zero attached hydrogens (tertiary/aromatic N) is 4. The minimum absolute atomic E-state index is 0.0856. The number of aromatic nitrogens is 4. The lowest BCUT2D eigenvalue weighted by atomic mass is 9.94.